The highest BCUT2D eigenvalue weighted by atomic mass is 35.5. The quantitative estimate of drug-likeness (QED) is 0.895. The first-order chi connectivity index (χ1) is 9.74. The lowest BCUT2D eigenvalue weighted by Crippen LogP contribution is -2.46. The number of aryl methyl sites for hydroxylation is 1. The predicted molar refractivity (Wildman–Crippen MR) is 93.0 cm³/mol. The van der Waals surface area contributed by atoms with Crippen molar-refractivity contribution in [3.8, 4) is 0 Å². The van der Waals surface area contributed by atoms with Crippen molar-refractivity contribution in [1.29, 1.82) is 0 Å². The average molecular weight is 345 g/mol. The number of carbonyl (C=O) groups excluding carboxylic acids is 1. The number of halogens is 2. The SMILES string of the molecule is Cc1nc2ccccc2n1CC(=O)N[C@H]1CCCNC1.Cl.Cl. The second-order valence-corrected chi connectivity index (χ2v) is 5.34. The van der Waals surface area contributed by atoms with Crippen molar-refractivity contribution in [2.45, 2.75) is 32.4 Å². The van der Waals surface area contributed by atoms with Crippen LogP contribution in [-0.2, 0) is 11.3 Å². The second kappa shape index (κ2) is 8.36. The van der Waals surface area contributed by atoms with E-state index in [-0.39, 0.29) is 36.8 Å². The molecular formula is C15H22Cl2N4O. The minimum atomic E-state index is 0. The number of hydrogen-bond donors (Lipinski definition) is 2. The molecule has 1 aromatic carbocycles. The minimum absolute atomic E-state index is 0. The van der Waals surface area contributed by atoms with Crippen molar-refractivity contribution < 1.29 is 4.79 Å². The second-order valence-electron chi connectivity index (χ2n) is 5.34. The van der Waals surface area contributed by atoms with Gasteiger partial charge in [0.1, 0.15) is 12.4 Å². The van der Waals surface area contributed by atoms with E-state index in [9.17, 15) is 4.79 Å². The standard InChI is InChI=1S/C15H20N4O.2ClH/c1-11-17-13-6-2-3-7-14(13)19(11)10-15(20)18-12-5-4-8-16-9-12;;/h2-3,6-7,12,16H,4-5,8-10H2,1H3,(H,18,20);2*1H/t12-;;/m0../s1. The molecule has 0 spiro atoms. The van der Waals surface area contributed by atoms with Gasteiger partial charge in [0.2, 0.25) is 5.91 Å². The van der Waals surface area contributed by atoms with Crippen LogP contribution in [0.3, 0.4) is 0 Å². The molecular weight excluding hydrogens is 323 g/mol. The van der Waals surface area contributed by atoms with E-state index < -0.39 is 0 Å². The largest absolute Gasteiger partial charge is 0.351 e. The van der Waals surface area contributed by atoms with Gasteiger partial charge in [0.05, 0.1) is 11.0 Å². The Labute approximate surface area is 142 Å². The summed E-state index contributed by atoms with van der Waals surface area (Å²) < 4.78 is 1.97. The van der Waals surface area contributed by atoms with Crippen LogP contribution in [-0.4, -0.2) is 34.6 Å². The van der Waals surface area contributed by atoms with Crippen molar-refractivity contribution >= 4 is 41.8 Å². The molecule has 1 amide bonds. The summed E-state index contributed by atoms with van der Waals surface area (Å²) in [6.45, 7) is 4.20. The molecule has 22 heavy (non-hydrogen) atoms. The third-order valence-electron chi connectivity index (χ3n) is 3.81. The van der Waals surface area contributed by atoms with Crippen LogP contribution in [0.4, 0.5) is 0 Å². The molecule has 1 aromatic heterocycles. The third kappa shape index (κ3) is 4.12. The maximum atomic E-state index is 12.2. The average Bonchev–Trinajstić information content (AvgIpc) is 2.76. The van der Waals surface area contributed by atoms with Crippen LogP contribution in [0.2, 0.25) is 0 Å². The molecule has 2 aromatic rings. The lowest BCUT2D eigenvalue weighted by atomic mass is 10.1. The van der Waals surface area contributed by atoms with Crippen LogP contribution in [0.25, 0.3) is 11.0 Å². The van der Waals surface area contributed by atoms with E-state index in [0.717, 1.165) is 42.8 Å². The topological polar surface area (TPSA) is 59.0 Å². The van der Waals surface area contributed by atoms with Gasteiger partial charge in [-0.15, -0.1) is 24.8 Å². The van der Waals surface area contributed by atoms with Gasteiger partial charge in [-0.05, 0) is 38.4 Å². The van der Waals surface area contributed by atoms with Gasteiger partial charge >= 0.3 is 0 Å². The first-order valence-corrected chi connectivity index (χ1v) is 7.16. The molecule has 0 unspecified atom stereocenters. The third-order valence-corrected chi connectivity index (χ3v) is 3.81. The molecule has 2 N–H and O–H groups in total. The van der Waals surface area contributed by atoms with E-state index in [2.05, 4.69) is 15.6 Å². The van der Waals surface area contributed by atoms with Crippen LogP contribution in [0.5, 0.6) is 0 Å². The summed E-state index contributed by atoms with van der Waals surface area (Å²) >= 11 is 0. The number of hydrogen-bond acceptors (Lipinski definition) is 3. The Bertz CT molecular complexity index is 623. The summed E-state index contributed by atoms with van der Waals surface area (Å²) in [5, 5.41) is 6.41. The fourth-order valence-electron chi connectivity index (χ4n) is 2.79. The molecule has 1 saturated heterocycles. The number of fused-ring (bicyclic) bond motifs is 1. The molecule has 1 fully saturated rings. The zero-order valence-corrected chi connectivity index (χ0v) is 14.2. The van der Waals surface area contributed by atoms with Gasteiger partial charge in [-0.25, -0.2) is 4.98 Å². The number of benzene rings is 1. The predicted octanol–water partition coefficient (Wildman–Crippen LogP) is 2.06. The highest BCUT2D eigenvalue weighted by molar-refractivity contribution is 5.85. The fraction of sp³-hybridized carbons (Fsp3) is 0.467. The van der Waals surface area contributed by atoms with Crippen molar-refractivity contribution in [2.75, 3.05) is 13.1 Å². The van der Waals surface area contributed by atoms with E-state index in [1.165, 1.54) is 0 Å². The van der Waals surface area contributed by atoms with Crippen LogP contribution in [0.15, 0.2) is 24.3 Å². The Morgan fingerprint density at radius 2 is 2.18 bits per heavy atom. The van der Waals surface area contributed by atoms with Crippen molar-refractivity contribution in [1.82, 2.24) is 20.2 Å². The number of aromatic nitrogens is 2. The highest BCUT2D eigenvalue weighted by Gasteiger charge is 2.16. The zero-order valence-electron chi connectivity index (χ0n) is 12.5. The van der Waals surface area contributed by atoms with Gasteiger partial charge in [-0.1, -0.05) is 12.1 Å². The van der Waals surface area contributed by atoms with Crippen LogP contribution in [0.1, 0.15) is 18.7 Å². The molecule has 1 aliphatic rings. The summed E-state index contributed by atoms with van der Waals surface area (Å²) in [6, 6.07) is 8.17. The molecule has 3 rings (SSSR count). The van der Waals surface area contributed by atoms with Crippen LogP contribution >= 0.6 is 24.8 Å². The highest BCUT2D eigenvalue weighted by Crippen LogP contribution is 2.15. The normalized spacial score (nSPS) is 17.4. The van der Waals surface area contributed by atoms with Gasteiger partial charge < -0.3 is 15.2 Å². The van der Waals surface area contributed by atoms with E-state index in [1.807, 2.05) is 35.8 Å². The Hall–Kier alpha value is -1.30. The van der Waals surface area contributed by atoms with Crippen molar-refractivity contribution in [3.05, 3.63) is 30.1 Å². The maximum absolute atomic E-state index is 12.2. The maximum Gasteiger partial charge on any atom is 0.240 e. The number of imidazole rings is 1. The molecule has 0 saturated carbocycles. The number of rotatable bonds is 3. The first kappa shape index (κ1) is 18.7. The van der Waals surface area contributed by atoms with Gasteiger partial charge in [-0.3, -0.25) is 4.79 Å². The van der Waals surface area contributed by atoms with E-state index in [0.29, 0.717) is 6.54 Å². The molecule has 5 nitrogen and oxygen atoms in total. The molecule has 0 radical (unpaired) electrons. The number of piperidine rings is 1. The Morgan fingerprint density at radius 1 is 1.41 bits per heavy atom. The molecule has 1 atom stereocenters. The van der Waals surface area contributed by atoms with Gasteiger partial charge in [0, 0.05) is 12.6 Å². The van der Waals surface area contributed by atoms with E-state index in [1.54, 1.807) is 0 Å². The van der Waals surface area contributed by atoms with Crippen LogP contribution < -0.4 is 10.6 Å². The number of amides is 1. The molecule has 7 heteroatoms. The Balaban J connectivity index is 0.00000121. The molecule has 0 aliphatic carbocycles. The number of nitrogens with one attached hydrogen (secondary N) is 2. The van der Waals surface area contributed by atoms with Gasteiger partial charge in [-0.2, -0.15) is 0 Å². The van der Waals surface area contributed by atoms with E-state index >= 15 is 0 Å². The molecule has 122 valence electrons. The van der Waals surface area contributed by atoms with E-state index in [4.69, 9.17) is 0 Å². The lowest BCUT2D eigenvalue weighted by molar-refractivity contribution is -0.122. The van der Waals surface area contributed by atoms with Crippen molar-refractivity contribution in [2.24, 2.45) is 0 Å². The Morgan fingerprint density at radius 3 is 2.91 bits per heavy atom. The number of carbonyl (C=O) groups is 1. The summed E-state index contributed by atoms with van der Waals surface area (Å²) in [7, 11) is 0. The smallest absolute Gasteiger partial charge is 0.240 e. The number of para-hydroxylation sites is 2. The molecule has 1 aliphatic heterocycles. The fourth-order valence-corrected chi connectivity index (χ4v) is 2.79. The first-order valence-electron chi connectivity index (χ1n) is 7.16. The zero-order chi connectivity index (χ0) is 13.9. The summed E-state index contributed by atoms with van der Waals surface area (Å²) in [5.74, 6) is 0.938. The monoisotopic (exact) mass is 344 g/mol. The number of nitrogens with zero attached hydrogens (tertiary/aromatic N) is 2. The van der Waals surface area contributed by atoms with Gasteiger partial charge in [0.15, 0.2) is 0 Å². The summed E-state index contributed by atoms with van der Waals surface area (Å²) in [6.07, 6.45) is 2.18. The molecule has 0 bridgehead atoms. The lowest BCUT2D eigenvalue weighted by Gasteiger charge is -2.24. The minimum Gasteiger partial charge on any atom is -0.351 e. The van der Waals surface area contributed by atoms with Gasteiger partial charge in [0.25, 0.3) is 0 Å². The van der Waals surface area contributed by atoms with Crippen molar-refractivity contribution in [3.63, 3.8) is 0 Å². The van der Waals surface area contributed by atoms with Crippen LogP contribution in [0, 0.1) is 6.92 Å². The summed E-state index contributed by atoms with van der Waals surface area (Å²) in [4.78, 5) is 16.7. The Kier molecular flexibility index (Phi) is 7.13. The summed E-state index contributed by atoms with van der Waals surface area (Å²) in [5.41, 5.74) is 1.96. The molecule has 2 heterocycles.